The van der Waals surface area contributed by atoms with E-state index in [2.05, 4.69) is 11.4 Å². The lowest BCUT2D eigenvalue weighted by molar-refractivity contribution is 0.411. The lowest BCUT2D eigenvalue weighted by Crippen LogP contribution is -2.01. The molecule has 0 fully saturated rings. The van der Waals surface area contributed by atoms with Gasteiger partial charge in [0.2, 0.25) is 0 Å². The fourth-order valence-corrected chi connectivity index (χ4v) is 2.10. The summed E-state index contributed by atoms with van der Waals surface area (Å²) in [5.74, 6) is 0.865. The van der Waals surface area contributed by atoms with E-state index in [-0.39, 0.29) is 0 Å². The highest BCUT2D eigenvalue weighted by molar-refractivity contribution is 5.56. The number of ether oxygens (including phenoxy) is 1. The first-order chi connectivity index (χ1) is 10.2. The van der Waals surface area contributed by atoms with Crippen molar-refractivity contribution in [1.29, 1.82) is 10.5 Å². The van der Waals surface area contributed by atoms with Crippen LogP contribution >= 0.6 is 0 Å². The second-order valence-corrected chi connectivity index (χ2v) is 4.64. The molecule has 0 radical (unpaired) electrons. The molecule has 21 heavy (non-hydrogen) atoms. The minimum absolute atomic E-state index is 0.383. The second-order valence-electron chi connectivity index (χ2n) is 4.64. The van der Waals surface area contributed by atoms with Crippen molar-refractivity contribution in [3.05, 3.63) is 58.7 Å². The average molecular weight is 277 g/mol. The van der Waals surface area contributed by atoms with E-state index in [0.717, 1.165) is 22.6 Å². The Morgan fingerprint density at radius 1 is 1.05 bits per heavy atom. The van der Waals surface area contributed by atoms with Crippen molar-refractivity contribution < 1.29 is 4.74 Å². The van der Waals surface area contributed by atoms with Crippen LogP contribution in [0, 0.1) is 29.6 Å². The van der Waals surface area contributed by atoms with Gasteiger partial charge in [0, 0.05) is 12.2 Å². The molecule has 2 rings (SSSR count). The van der Waals surface area contributed by atoms with Crippen molar-refractivity contribution >= 4 is 5.69 Å². The van der Waals surface area contributed by atoms with Crippen molar-refractivity contribution in [2.45, 2.75) is 13.5 Å². The highest BCUT2D eigenvalue weighted by Gasteiger charge is 2.04. The Balaban J connectivity index is 2.12. The van der Waals surface area contributed by atoms with E-state index >= 15 is 0 Å². The average Bonchev–Trinajstić information content (AvgIpc) is 2.52. The molecule has 0 atom stereocenters. The van der Waals surface area contributed by atoms with Gasteiger partial charge in [-0.25, -0.2) is 0 Å². The molecule has 0 saturated heterocycles. The number of nitriles is 2. The molecular weight excluding hydrogens is 262 g/mol. The Bertz CT molecular complexity index is 739. The van der Waals surface area contributed by atoms with Crippen molar-refractivity contribution in [1.82, 2.24) is 0 Å². The molecule has 2 aromatic carbocycles. The van der Waals surface area contributed by atoms with Gasteiger partial charge in [-0.2, -0.15) is 10.5 Å². The number of nitrogens with one attached hydrogen (secondary N) is 1. The van der Waals surface area contributed by atoms with Gasteiger partial charge in [0.15, 0.2) is 0 Å². The van der Waals surface area contributed by atoms with E-state index < -0.39 is 0 Å². The van der Waals surface area contributed by atoms with Gasteiger partial charge in [-0.15, -0.1) is 0 Å². The zero-order valence-electron chi connectivity index (χ0n) is 12.0. The zero-order chi connectivity index (χ0) is 15.2. The largest absolute Gasteiger partial charge is 0.496 e. The number of anilines is 1. The molecule has 4 nitrogen and oxygen atoms in total. The number of hydrogen-bond donors (Lipinski definition) is 1. The molecule has 104 valence electrons. The molecule has 4 heteroatoms. The Morgan fingerprint density at radius 2 is 1.81 bits per heavy atom. The van der Waals surface area contributed by atoms with Gasteiger partial charge in [0.05, 0.1) is 18.2 Å². The van der Waals surface area contributed by atoms with Gasteiger partial charge in [0.1, 0.15) is 17.9 Å². The molecule has 0 unspecified atom stereocenters. The summed E-state index contributed by atoms with van der Waals surface area (Å²) in [6.45, 7) is 2.64. The summed E-state index contributed by atoms with van der Waals surface area (Å²) in [7, 11) is 1.65. The number of methoxy groups -OCH3 is 1. The van der Waals surface area contributed by atoms with E-state index in [1.165, 1.54) is 0 Å². The first-order valence-corrected chi connectivity index (χ1v) is 6.49. The third-order valence-electron chi connectivity index (χ3n) is 3.22. The normalized spacial score (nSPS) is 9.52. The van der Waals surface area contributed by atoms with Gasteiger partial charge in [-0.3, -0.25) is 0 Å². The minimum atomic E-state index is 0.383. The third kappa shape index (κ3) is 3.32. The van der Waals surface area contributed by atoms with Crippen LogP contribution in [0.4, 0.5) is 5.69 Å². The number of rotatable bonds is 4. The lowest BCUT2D eigenvalue weighted by Gasteiger charge is -2.10. The van der Waals surface area contributed by atoms with Gasteiger partial charge in [-0.1, -0.05) is 12.1 Å². The summed E-state index contributed by atoms with van der Waals surface area (Å²) in [5, 5.41) is 21.2. The molecule has 0 aliphatic rings. The quantitative estimate of drug-likeness (QED) is 0.930. The van der Waals surface area contributed by atoms with E-state index in [0.29, 0.717) is 17.7 Å². The summed E-state index contributed by atoms with van der Waals surface area (Å²) in [6, 6.07) is 15.2. The fraction of sp³-hybridized carbons (Fsp3) is 0.176. The maximum Gasteiger partial charge on any atom is 0.121 e. The fourth-order valence-electron chi connectivity index (χ4n) is 2.10. The number of nitrogens with zero attached hydrogens (tertiary/aromatic N) is 2. The SMILES string of the molecule is COc1ccc(CNc2ccc(C#N)c(C#N)c2)cc1C. The summed E-state index contributed by atoms with van der Waals surface area (Å²) in [4.78, 5) is 0. The van der Waals surface area contributed by atoms with E-state index in [1.54, 1.807) is 25.3 Å². The maximum atomic E-state index is 9.01. The second kappa shape index (κ2) is 6.45. The summed E-state index contributed by atoms with van der Waals surface area (Å²) >= 11 is 0. The molecule has 0 aliphatic heterocycles. The molecule has 0 amide bonds. The van der Waals surface area contributed by atoms with Gasteiger partial charge < -0.3 is 10.1 Å². The van der Waals surface area contributed by atoms with E-state index in [1.807, 2.05) is 31.2 Å². The minimum Gasteiger partial charge on any atom is -0.496 e. The maximum absolute atomic E-state index is 9.01. The predicted octanol–water partition coefficient (Wildman–Crippen LogP) is 3.36. The number of aryl methyl sites for hydroxylation is 1. The van der Waals surface area contributed by atoms with Crippen molar-refractivity contribution in [2.75, 3.05) is 12.4 Å². The van der Waals surface area contributed by atoms with Crippen molar-refractivity contribution in [2.24, 2.45) is 0 Å². The standard InChI is InChI=1S/C17H15N3O/c1-12-7-13(3-6-17(12)21-2)11-20-16-5-4-14(9-18)15(8-16)10-19/h3-8,20H,11H2,1-2H3. The Labute approximate surface area is 124 Å². The van der Waals surface area contributed by atoms with Crippen LogP contribution in [0.1, 0.15) is 22.3 Å². The number of hydrogen-bond acceptors (Lipinski definition) is 4. The van der Waals surface area contributed by atoms with E-state index in [4.69, 9.17) is 15.3 Å². The molecule has 0 aliphatic carbocycles. The molecular formula is C17H15N3O. The molecule has 2 aromatic rings. The Morgan fingerprint density at radius 3 is 2.43 bits per heavy atom. The zero-order valence-corrected chi connectivity index (χ0v) is 12.0. The molecule has 0 heterocycles. The van der Waals surface area contributed by atoms with Gasteiger partial charge >= 0.3 is 0 Å². The molecule has 0 aromatic heterocycles. The summed E-state index contributed by atoms with van der Waals surface area (Å²) < 4.78 is 5.23. The highest BCUT2D eigenvalue weighted by atomic mass is 16.5. The van der Waals surface area contributed by atoms with Crippen LogP contribution in [0.3, 0.4) is 0 Å². The topological polar surface area (TPSA) is 68.8 Å². The Hall–Kier alpha value is -2.98. The molecule has 0 saturated carbocycles. The van der Waals surface area contributed by atoms with Gasteiger partial charge in [0.25, 0.3) is 0 Å². The first-order valence-electron chi connectivity index (χ1n) is 6.49. The number of benzene rings is 2. The van der Waals surface area contributed by atoms with Crippen molar-refractivity contribution in [3.63, 3.8) is 0 Å². The van der Waals surface area contributed by atoms with Crippen LogP contribution < -0.4 is 10.1 Å². The van der Waals surface area contributed by atoms with Crippen LogP contribution in [-0.2, 0) is 6.54 Å². The van der Waals surface area contributed by atoms with Crippen LogP contribution in [-0.4, -0.2) is 7.11 Å². The van der Waals surface area contributed by atoms with Crippen LogP contribution in [0.15, 0.2) is 36.4 Å². The molecule has 0 bridgehead atoms. The van der Waals surface area contributed by atoms with Crippen LogP contribution in [0.5, 0.6) is 5.75 Å². The smallest absolute Gasteiger partial charge is 0.121 e. The van der Waals surface area contributed by atoms with E-state index in [9.17, 15) is 0 Å². The Kier molecular flexibility index (Phi) is 4.43. The molecule has 0 spiro atoms. The van der Waals surface area contributed by atoms with Crippen LogP contribution in [0.2, 0.25) is 0 Å². The highest BCUT2D eigenvalue weighted by Crippen LogP contribution is 2.20. The third-order valence-corrected chi connectivity index (χ3v) is 3.22. The summed E-state index contributed by atoms with van der Waals surface area (Å²) in [6.07, 6.45) is 0. The summed E-state index contributed by atoms with van der Waals surface area (Å²) in [5.41, 5.74) is 3.79. The predicted molar refractivity (Wildman–Crippen MR) is 80.9 cm³/mol. The van der Waals surface area contributed by atoms with Crippen LogP contribution in [0.25, 0.3) is 0 Å². The first kappa shape index (κ1) is 14.4. The lowest BCUT2D eigenvalue weighted by atomic mass is 10.1. The van der Waals surface area contributed by atoms with Crippen molar-refractivity contribution in [3.8, 4) is 17.9 Å². The van der Waals surface area contributed by atoms with Gasteiger partial charge in [-0.05, 0) is 42.3 Å². The monoisotopic (exact) mass is 277 g/mol. The molecule has 1 N–H and O–H groups in total.